The molecule has 4 saturated heterocycles. The van der Waals surface area contributed by atoms with Crippen molar-refractivity contribution in [3.8, 4) is 11.8 Å². The van der Waals surface area contributed by atoms with E-state index in [1.165, 1.54) is 5.56 Å². The number of aliphatic hydroxyl groups is 1. The number of nitrogens with one attached hydrogen (secondary N) is 3. The summed E-state index contributed by atoms with van der Waals surface area (Å²) >= 11 is 0. The highest BCUT2D eigenvalue weighted by Gasteiger charge is 2.62. The van der Waals surface area contributed by atoms with Crippen LogP contribution < -0.4 is 10.1 Å². The summed E-state index contributed by atoms with van der Waals surface area (Å²) in [5, 5.41) is 44.2. The SMILES string of the molecule is COc1ccc(NCC2CC2c2cccc3n[nH]c(CCC(=O)N4C5CC6CC4CC(O)(C6)C5)c23)c(C(=N)C(C)(C)C(=O)N2C3CC4(C)CC2CC(C#N)(C3)C4)c1C1CC1. The van der Waals surface area contributed by atoms with Gasteiger partial charge >= 0.3 is 0 Å². The Hall–Kier alpha value is -4.43. The van der Waals surface area contributed by atoms with Crippen LogP contribution in [0.4, 0.5) is 5.69 Å². The standard InChI is InChI=1S/C49H61N7O4/c1-46(2,45(58)56-32-18-47(3)19-33(56)21-48(20-32,25-47)26-50)44(51)43-36(10-12-39(60-4)41(43)28-8-9-28)52-24-29-16-35(29)34-6-5-7-37-42(34)38(54-53-37)11-13-40(57)55-30-14-27-15-31(55)23-49(59,17-27)22-30/h5-7,10,12,27-33,35,51-52,59H,8-9,11,13-25H2,1-4H3,(H,53,54). The molecular formula is C49H61N7O4. The van der Waals surface area contributed by atoms with Gasteiger partial charge in [0.2, 0.25) is 11.8 Å². The van der Waals surface area contributed by atoms with Gasteiger partial charge in [-0.05, 0) is 157 Å². The summed E-state index contributed by atoms with van der Waals surface area (Å²) in [7, 11) is 1.70. The molecule has 13 rings (SSSR count). The van der Waals surface area contributed by atoms with Crippen LogP contribution in [0.3, 0.4) is 0 Å². The van der Waals surface area contributed by atoms with Crippen molar-refractivity contribution < 1.29 is 19.4 Å². The van der Waals surface area contributed by atoms with Crippen LogP contribution in [0.1, 0.15) is 145 Å². The van der Waals surface area contributed by atoms with Crippen LogP contribution in [0.5, 0.6) is 5.75 Å². The first-order valence-corrected chi connectivity index (χ1v) is 23.0. The normalized spacial score (nSPS) is 35.8. The van der Waals surface area contributed by atoms with Crippen molar-refractivity contribution in [2.75, 3.05) is 19.0 Å². The summed E-state index contributed by atoms with van der Waals surface area (Å²) in [5.41, 5.74) is 4.43. The van der Waals surface area contributed by atoms with Crippen molar-refractivity contribution in [2.24, 2.45) is 28.1 Å². The lowest BCUT2D eigenvalue weighted by atomic mass is 9.50. The number of benzene rings is 2. The lowest BCUT2D eigenvalue weighted by Crippen LogP contribution is -2.67. The predicted octanol–water partition coefficient (Wildman–Crippen LogP) is 7.97. The van der Waals surface area contributed by atoms with Crippen LogP contribution in [0.2, 0.25) is 0 Å². The molecule has 0 radical (unpaired) electrons. The fraction of sp³-hybridized carbons (Fsp3) is 0.653. The van der Waals surface area contributed by atoms with Gasteiger partial charge < -0.3 is 30.4 Å². The smallest absolute Gasteiger partial charge is 0.234 e. The number of rotatable bonds is 12. The number of aromatic amines is 1. The topological polar surface area (TPSA) is 158 Å². The number of carbonyl (C=O) groups excluding carboxylic acids is 2. The molecule has 316 valence electrons. The van der Waals surface area contributed by atoms with Crippen LogP contribution in [-0.4, -0.2) is 86.1 Å². The molecular weight excluding hydrogens is 751 g/mol. The van der Waals surface area contributed by atoms with E-state index in [1.807, 2.05) is 26.0 Å². The average Bonchev–Trinajstić information content (AvgIpc) is 4.14. The highest BCUT2D eigenvalue weighted by molar-refractivity contribution is 6.18. The zero-order chi connectivity index (χ0) is 41.5. The van der Waals surface area contributed by atoms with Gasteiger partial charge in [0.15, 0.2) is 0 Å². The van der Waals surface area contributed by atoms with E-state index >= 15 is 0 Å². The minimum Gasteiger partial charge on any atom is -0.496 e. The number of hydrogen-bond donors (Lipinski definition) is 4. The Bertz CT molecular complexity index is 2320. The molecule has 2 aromatic carbocycles. The molecule has 60 heavy (non-hydrogen) atoms. The Morgan fingerprint density at radius 2 is 1.75 bits per heavy atom. The van der Waals surface area contributed by atoms with Gasteiger partial charge in [0.1, 0.15) is 5.75 Å². The van der Waals surface area contributed by atoms with Crippen LogP contribution in [0, 0.1) is 44.8 Å². The molecule has 10 fully saturated rings. The summed E-state index contributed by atoms with van der Waals surface area (Å²) in [6.07, 6.45) is 12.8. The van der Waals surface area contributed by atoms with Gasteiger partial charge in [0.25, 0.3) is 0 Å². The zero-order valence-corrected chi connectivity index (χ0v) is 35.8. The summed E-state index contributed by atoms with van der Waals surface area (Å²) in [5.74, 6) is 2.56. The van der Waals surface area contributed by atoms with Gasteiger partial charge in [-0.1, -0.05) is 19.1 Å². The van der Waals surface area contributed by atoms with Crippen molar-refractivity contribution in [1.82, 2.24) is 20.0 Å². The van der Waals surface area contributed by atoms with Crippen LogP contribution >= 0.6 is 0 Å². The zero-order valence-electron chi connectivity index (χ0n) is 35.8. The number of methoxy groups -OCH3 is 1. The van der Waals surface area contributed by atoms with E-state index in [1.54, 1.807) is 7.11 Å². The number of aryl methyl sites for hydroxylation is 1. The first kappa shape index (κ1) is 38.5. The van der Waals surface area contributed by atoms with Crippen molar-refractivity contribution in [3.63, 3.8) is 0 Å². The van der Waals surface area contributed by atoms with E-state index in [2.05, 4.69) is 56.5 Å². The van der Waals surface area contributed by atoms with E-state index in [0.717, 1.165) is 129 Å². The molecule has 8 bridgehead atoms. The molecule has 4 aliphatic heterocycles. The molecule has 6 aliphatic carbocycles. The molecule has 6 atom stereocenters. The largest absolute Gasteiger partial charge is 0.496 e. The molecule has 10 aliphatic rings. The Morgan fingerprint density at radius 1 is 1.02 bits per heavy atom. The second kappa shape index (κ2) is 13.3. The molecule has 1 aromatic heterocycles. The van der Waals surface area contributed by atoms with Gasteiger partial charge in [-0.15, -0.1) is 0 Å². The number of amides is 2. The average molecular weight is 812 g/mol. The number of hydrogen-bond acceptors (Lipinski definition) is 8. The Balaban J connectivity index is 0.812. The van der Waals surface area contributed by atoms with Crippen LogP contribution in [-0.2, 0) is 16.0 Å². The lowest BCUT2D eigenvalue weighted by molar-refractivity contribution is -0.174. The monoisotopic (exact) mass is 811 g/mol. The van der Waals surface area contributed by atoms with E-state index in [0.29, 0.717) is 42.2 Å². The maximum Gasteiger partial charge on any atom is 0.234 e. The minimum atomic E-state index is -1.08. The highest BCUT2D eigenvalue weighted by atomic mass is 16.5. The number of anilines is 1. The van der Waals surface area contributed by atoms with Crippen molar-refractivity contribution in [2.45, 2.75) is 159 Å². The van der Waals surface area contributed by atoms with E-state index < -0.39 is 11.0 Å². The second-order valence-electron chi connectivity index (χ2n) is 21.8. The summed E-state index contributed by atoms with van der Waals surface area (Å²) in [6, 6.07) is 13.5. The summed E-state index contributed by atoms with van der Waals surface area (Å²) in [4.78, 5) is 32.9. The minimum absolute atomic E-state index is 0.00950. The lowest BCUT2D eigenvalue weighted by Gasteiger charge is -2.64. The molecule has 6 unspecified atom stereocenters. The number of aromatic nitrogens is 2. The first-order chi connectivity index (χ1) is 28.7. The van der Waals surface area contributed by atoms with Gasteiger partial charge in [-0.25, -0.2) is 0 Å². The quantitative estimate of drug-likeness (QED) is 0.135. The van der Waals surface area contributed by atoms with Crippen molar-refractivity contribution in [1.29, 1.82) is 10.7 Å². The van der Waals surface area contributed by atoms with E-state index in [-0.39, 0.29) is 46.8 Å². The van der Waals surface area contributed by atoms with E-state index in [9.17, 15) is 25.4 Å². The van der Waals surface area contributed by atoms with Gasteiger partial charge in [0, 0.05) is 65.0 Å². The number of H-pyrrole nitrogens is 1. The predicted molar refractivity (Wildman–Crippen MR) is 229 cm³/mol. The fourth-order valence-corrected chi connectivity index (χ4v) is 14.4. The maximum atomic E-state index is 14.9. The van der Waals surface area contributed by atoms with Crippen LogP contribution in [0.25, 0.3) is 10.9 Å². The number of carbonyl (C=O) groups is 2. The molecule has 11 heteroatoms. The Labute approximate surface area is 353 Å². The summed E-state index contributed by atoms with van der Waals surface area (Å²) < 4.78 is 5.96. The molecule has 0 spiro atoms. The molecule has 4 N–H and O–H groups in total. The molecule has 2 amide bonds. The Kier molecular flexibility index (Phi) is 8.52. The highest BCUT2D eigenvalue weighted by Crippen LogP contribution is 2.62. The third-order valence-electron chi connectivity index (χ3n) is 16.9. The van der Waals surface area contributed by atoms with E-state index in [4.69, 9.17) is 4.74 Å². The molecule has 3 aromatic rings. The third kappa shape index (κ3) is 6.04. The molecule has 11 nitrogen and oxygen atoms in total. The number of ether oxygens (including phenoxy) is 1. The molecule has 6 saturated carbocycles. The summed E-state index contributed by atoms with van der Waals surface area (Å²) in [6.45, 7) is 6.90. The van der Waals surface area contributed by atoms with Crippen molar-refractivity contribution >= 4 is 34.1 Å². The number of fused-ring (bicyclic) bond motifs is 1. The number of piperidine rings is 4. The maximum absolute atomic E-state index is 14.9. The Morgan fingerprint density at radius 3 is 2.42 bits per heavy atom. The van der Waals surface area contributed by atoms with Crippen LogP contribution in [0.15, 0.2) is 30.3 Å². The van der Waals surface area contributed by atoms with Crippen molar-refractivity contribution in [3.05, 3.63) is 52.7 Å². The third-order valence-corrected chi connectivity index (χ3v) is 16.9. The molecule has 5 heterocycles. The number of nitrogens with zero attached hydrogens (tertiary/aromatic N) is 4. The van der Waals surface area contributed by atoms with Gasteiger partial charge in [-0.3, -0.25) is 14.7 Å². The van der Waals surface area contributed by atoms with Gasteiger partial charge in [-0.2, -0.15) is 10.4 Å². The van der Waals surface area contributed by atoms with Gasteiger partial charge in [0.05, 0.1) is 40.8 Å². The number of nitriles is 1. The fourth-order valence-electron chi connectivity index (χ4n) is 14.4. The first-order valence-electron chi connectivity index (χ1n) is 23.0. The second-order valence-corrected chi connectivity index (χ2v) is 21.8.